The van der Waals surface area contributed by atoms with Crippen LogP contribution in [-0.4, -0.2) is 6.54 Å². The first-order valence-electron chi connectivity index (χ1n) is 6.63. The van der Waals surface area contributed by atoms with Crippen LogP contribution in [-0.2, 0) is 6.42 Å². The topological polar surface area (TPSA) is 12.0 Å². The van der Waals surface area contributed by atoms with Crippen molar-refractivity contribution in [2.75, 3.05) is 6.54 Å². The average Bonchev–Trinajstić information content (AvgIpc) is 2.45. The van der Waals surface area contributed by atoms with Gasteiger partial charge in [0.2, 0.25) is 0 Å². The molecule has 1 N–H and O–H groups in total. The Morgan fingerprint density at radius 3 is 2.38 bits per heavy atom. The Hall–Kier alpha value is -1.52. The van der Waals surface area contributed by atoms with Crippen molar-refractivity contribution in [3.63, 3.8) is 0 Å². The van der Waals surface area contributed by atoms with Crippen molar-refractivity contribution in [3.05, 3.63) is 70.0 Å². The maximum atomic E-state index is 13.6. The van der Waals surface area contributed by atoms with Crippen LogP contribution in [0.5, 0.6) is 0 Å². The van der Waals surface area contributed by atoms with Gasteiger partial charge >= 0.3 is 0 Å². The molecule has 0 bridgehead atoms. The minimum Gasteiger partial charge on any atom is -0.310 e. The molecule has 1 nitrogen and oxygen atoms in total. The lowest BCUT2D eigenvalue weighted by Crippen LogP contribution is -2.23. The Morgan fingerprint density at radius 1 is 1.00 bits per heavy atom. The van der Waals surface area contributed by atoms with Crippen LogP contribution in [0, 0.1) is 17.5 Å². The van der Waals surface area contributed by atoms with Gasteiger partial charge in [0.05, 0.1) is 5.02 Å². The number of hydrogen-bond donors (Lipinski definition) is 1. The second kappa shape index (κ2) is 6.96. The highest BCUT2D eigenvalue weighted by atomic mass is 35.5. The van der Waals surface area contributed by atoms with Gasteiger partial charge in [-0.25, -0.2) is 13.2 Å². The van der Waals surface area contributed by atoms with E-state index in [1.165, 1.54) is 18.2 Å². The largest absolute Gasteiger partial charge is 0.310 e. The molecule has 2 aromatic rings. The molecular weight excluding hydrogens is 299 g/mol. The average molecular weight is 314 g/mol. The number of likely N-dealkylation sites (N-methyl/N-ethyl adjacent to an activating group) is 1. The molecular formula is C16H15ClF3N. The van der Waals surface area contributed by atoms with E-state index in [1.54, 1.807) is 6.07 Å². The van der Waals surface area contributed by atoms with E-state index in [1.807, 2.05) is 6.92 Å². The molecule has 0 aliphatic rings. The number of rotatable bonds is 5. The summed E-state index contributed by atoms with van der Waals surface area (Å²) in [5, 5.41) is 3.26. The van der Waals surface area contributed by atoms with Crippen molar-refractivity contribution < 1.29 is 13.2 Å². The molecule has 0 heterocycles. The number of hydrogen-bond acceptors (Lipinski definition) is 1. The third kappa shape index (κ3) is 3.99. The first-order chi connectivity index (χ1) is 10.0. The number of nitrogens with one attached hydrogen (secondary N) is 1. The summed E-state index contributed by atoms with van der Waals surface area (Å²) in [5.41, 5.74) is 1.35. The number of halogens is 4. The van der Waals surface area contributed by atoms with E-state index in [4.69, 9.17) is 11.6 Å². The van der Waals surface area contributed by atoms with Crippen LogP contribution in [0.15, 0.2) is 36.4 Å². The van der Waals surface area contributed by atoms with Crippen LogP contribution >= 0.6 is 11.6 Å². The Bertz CT molecular complexity index is 631. The van der Waals surface area contributed by atoms with Crippen LogP contribution in [0.4, 0.5) is 13.2 Å². The van der Waals surface area contributed by atoms with Gasteiger partial charge in [-0.05, 0) is 48.4 Å². The van der Waals surface area contributed by atoms with Crippen molar-refractivity contribution in [1.82, 2.24) is 5.32 Å². The van der Waals surface area contributed by atoms with Gasteiger partial charge in [-0.15, -0.1) is 0 Å². The molecule has 0 aromatic heterocycles. The predicted octanol–water partition coefficient (Wildman–Crippen LogP) is 4.65. The molecule has 0 amide bonds. The second-order valence-corrected chi connectivity index (χ2v) is 5.14. The summed E-state index contributed by atoms with van der Waals surface area (Å²) in [5.74, 6) is -2.26. The maximum absolute atomic E-state index is 13.6. The molecule has 0 aliphatic carbocycles. The lowest BCUT2D eigenvalue weighted by molar-refractivity contribution is 0.502. The van der Waals surface area contributed by atoms with Crippen molar-refractivity contribution in [1.29, 1.82) is 0 Å². The Labute approximate surface area is 126 Å². The fraction of sp³-hybridized carbons (Fsp3) is 0.250. The van der Waals surface area contributed by atoms with E-state index in [0.29, 0.717) is 24.1 Å². The van der Waals surface area contributed by atoms with Gasteiger partial charge in [0.25, 0.3) is 0 Å². The Morgan fingerprint density at radius 2 is 1.76 bits per heavy atom. The van der Waals surface area contributed by atoms with Crippen molar-refractivity contribution in [2.24, 2.45) is 0 Å². The molecule has 2 rings (SSSR count). The van der Waals surface area contributed by atoms with Crippen molar-refractivity contribution in [2.45, 2.75) is 19.4 Å². The van der Waals surface area contributed by atoms with Gasteiger partial charge in [0.1, 0.15) is 5.82 Å². The molecule has 1 unspecified atom stereocenters. The summed E-state index contributed by atoms with van der Waals surface area (Å²) in [4.78, 5) is 0. The standard InChI is InChI=1S/C16H15ClF3N/c1-2-21-16(11-4-5-12(17)14(19)9-11)8-10-3-6-13(18)15(20)7-10/h3-7,9,16,21H,2,8H2,1H3. The van der Waals surface area contributed by atoms with Gasteiger partial charge in [-0.1, -0.05) is 30.7 Å². The Balaban J connectivity index is 2.25. The van der Waals surface area contributed by atoms with Gasteiger partial charge in [-0.2, -0.15) is 0 Å². The van der Waals surface area contributed by atoms with Crippen molar-refractivity contribution in [3.8, 4) is 0 Å². The highest BCUT2D eigenvalue weighted by Crippen LogP contribution is 2.23. The summed E-state index contributed by atoms with van der Waals surface area (Å²) in [7, 11) is 0. The van der Waals surface area contributed by atoms with Crippen LogP contribution < -0.4 is 5.32 Å². The summed E-state index contributed by atoms with van der Waals surface area (Å²) in [6.07, 6.45) is 0.423. The minimum absolute atomic E-state index is 0.0572. The first kappa shape index (κ1) is 15.9. The zero-order valence-electron chi connectivity index (χ0n) is 11.5. The molecule has 0 saturated heterocycles. The first-order valence-corrected chi connectivity index (χ1v) is 7.01. The third-order valence-corrected chi connectivity index (χ3v) is 3.53. The molecule has 2 aromatic carbocycles. The molecule has 0 spiro atoms. The van der Waals surface area contributed by atoms with Gasteiger partial charge < -0.3 is 5.32 Å². The van der Waals surface area contributed by atoms with Crippen LogP contribution in [0.25, 0.3) is 0 Å². The van der Waals surface area contributed by atoms with Gasteiger partial charge in [0, 0.05) is 6.04 Å². The molecule has 1 atom stereocenters. The second-order valence-electron chi connectivity index (χ2n) is 4.74. The highest BCUT2D eigenvalue weighted by molar-refractivity contribution is 6.30. The van der Waals surface area contributed by atoms with E-state index in [9.17, 15) is 13.2 Å². The molecule has 0 fully saturated rings. The molecule has 21 heavy (non-hydrogen) atoms. The fourth-order valence-corrected chi connectivity index (χ4v) is 2.30. The summed E-state index contributed by atoms with van der Waals surface area (Å²) in [6.45, 7) is 2.59. The molecule has 5 heteroatoms. The predicted molar refractivity (Wildman–Crippen MR) is 77.9 cm³/mol. The van der Waals surface area contributed by atoms with E-state index < -0.39 is 17.5 Å². The van der Waals surface area contributed by atoms with E-state index in [-0.39, 0.29) is 11.1 Å². The lowest BCUT2D eigenvalue weighted by Gasteiger charge is -2.19. The van der Waals surface area contributed by atoms with Crippen LogP contribution in [0.1, 0.15) is 24.1 Å². The van der Waals surface area contributed by atoms with E-state index in [2.05, 4.69) is 5.32 Å². The quantitative estimate of drug-likeness (QED) is 0.847. The zero-order chi connectivity index (χ0) is 15.4. The summed E-state index contributed by atoms with van der Waals surface area (Å²) < 4.78 is 39.8. The molecule has 112 valence electrons. The summed E-state index contributed by atoms with van der Waals surface area (Å²) >= 11 is 5.67. The Kier molecular flexibility index (Phi) is 5.26. The van der Waals surface area contributed by atoms with E-state index in [0.717, 1.165) is 12.1 Å². The molecule has 0 aliphatic heterocycles. The minimum atomic E-state index is -0.884. The fourth-order valence-electron chi connectivity index (χ4n) is 2.19. The monoisotopic (exact) mass is 313 g/mol. The van der Waals surface area contributed by atoms with Gasteiger partial charge in [0.15, 0.2) is 11.6 Å². The zero-order valence-corrected chi connectivity index (χ0v) is 12.2. The molecule has 0 saturated carbocycles. The van der Waals surface area contributed by atoms with Crippen LogP contribution in [0.3, 0.4) is 0 Å². The molecule has 0 radical (unpaired) electrons. The summed E-state index contributed by atoms with van der Waals surface area (Å²) in [6, 6.07) is 8.14. The van der Waals surface area contributed by atoms with Crippen LogP contribution in [0.2, 0.25) is 5.02 Å². The third-order valence-electron chi connectivity index (χ3n) is 3.22. The lowest BCUT2D eigenvalue weighted by atomic mass is 9.98. The normalized spacial score (nSPS) is 12.4. The SMILES string of the molecule is CCNC(Cc1ccc(F)c(F)c1)c1ccc(Cl)c(F)c1. The van der Waals surface area contributed by atoms with Crippen molar-refractivity contribution >= 4 is 11.6 Å². The number of benzene rings is 2. The van der Waals surface area contributed by atoms with Gasteiger partial charge in [-0.3, -0.25) is 0 Å². The maximum Gasteiger partial charge on any atom is 0.159 e. The smallest absolute Gasteiger partial charge is 0.159 e. The highest BCUT2D eigenvalue weighted by Gasteiger charge is 2.14. The van der Waals surface area contributed by atoms with E-state index >= 15 is 0 Å².